The Balaban J connectivity index is 2.38. The van der Waals surface area contributed by atoms with E-state index in [0.29, 0.717) is 18.9 Å². The van der Waals surface area contributed by atoms with Crippen LogP contribution in [0.1, 0.15) is 31.2 Å². The molecule has 0 aliphatic carbocycles. The average molecular weight is 350 g/mol. The molecule has 0 bridgehead atoms. The van der Waals surface area contributed by atoms with E-state index in [1.807, 2.05) is 0 Å². The standard InChI is InChI=1S/C14H17F3N2O3S/c15-14(16,17)10-4-3-6-12(8-10)23(21,22)19-7-2-1-5-11(19)9-13(18)20/h3-4,6,8,11H,1-2,5,7,9H2,(H2,18,20). The van der Waals surface area contributed by atoms with Crippen LogP contribution in [0.4, 0.5) is 13.2 Å². The highest BCUT2D eigenvalue weighted by Gasteiger charge is 2.36. The van der Waals surface area contributed by atoms with Gasteiger partial charge >= 0.3 is 6.18 Å². The van der Waals surface area contributed by atoms with E-state index >= 15 is 0 Å². The SMILES string of the molecule is NC(=O)CC1CCCCN1S(=O)(=O)c1cccc(C(F)(F)F)c1. The summed E-state index contributed by atoms with van der Waals surface area (Å²) in [4.78, 5) is 10.7. The topological polar surface area (TPSA) is 80.5 Å². The van der Waals surface area contributed by atoms with Crippen molar-refractivity contribution in [3.63, 3.8) is 0 Å². The van der Waals surface area contributed by atoms with Crippen molar-refractivity contribution in [1.82, 2.24) is 4.31 Å². The fourth-order valence-corrected chi connectivity index (χ4v) is 4.43. The Morgan fingerprint density at radius 3 is 2.61 bits per heavy atom. The molecule has 1 amide bonds. The number of sulfonamides is 1. The third-order valence-electron chi connectivity index (χ3n) is 3.78. The van der Waals surface area contributed by atoms with E-state index < -0.39 is 38.6 Å². The fraction of sp³-hybridized carbons (Fsp3) is 0.500. The first-order chi connectivity index (χ1) is 10.6. The van der Waals surface area contributed by atoms with Gasteiger partial charge in [0.15, 0.2) is 0 Å². The predicted octanol–water partition coefficient (Wildman–Crippen LogP) is 2.12. The Morgan fingerprint density at radius 2 is 2.00 bits per heavy atom. The Kier molecular flexibility index (Phi) is 5.00. The molecule has 1 saturated heterocycles. The second-order valence-corrected chi connectivity index (χ2v) is 7.35. The molecule has 1 aromatic carbocycles. The largest absolute Gasteiger partial charge is 0.416 e. The third-order valence-corrected chi connectivity index (χ3v) is 5.73. The van der Waals surface area contributed by atoms with Crippen LogP contribution in [0.25, 0.3) is 0 Å². The van der Waals surface area contributed by atoms with Gasteiger partial charge in [0.05, 0.1) is 10.5 Å². The molecular formula is C14H17F3N2O3S. The summed E-state index contributed by atoms with van der Waals surface area (Å²) in [5.41, 5.74) is 4.11. The van der Waals surface area contributed by atoms with E-state index in [0.717, 1.165) is 28.9 Å². The normalized spacial score (nSPS) is 20.4. The number of carbonyl (C=O) groups is 1. The highest BCUT2D eigenvalue weighted by molar-refractivity contribution is 7.89. The van der Waals surface area contributed by atoms with Crippen molar-refractivity contribution in [1.29, 1.82) is 0 Å². The van der Waals surface area contributed by atoms with Crippen molar-refractivity contribution >= 4 is 15.9 Å². The van der Waals surface area contributed by atoms with Crippen LogP contribution in [0.15, 0.2) is 29.2 Å². The van der Waals surface area contributed by atoms with Crippen LogP contribution < -0.4 is 5.73 Å². The van der Waals surface area contributed by atoms with Crippen LogP contribution in [-0.4, -0.2) is 31.2 Å². The summed E-state index contributed by atoms with van der Waals surface area (Å²) >= 11 is 0. The number of halogens is 3. The van der Waals surface area contributed by atoms with Gasteiger partial charge in [-0.15, -0.1) is 0 Å². The summed E-state index contributed by atoms with van der Waals surface area (Å²) in [7, 11) is -4.11. The lowest BCUT2D eigenvalue weighted by atomic mass is 10.0. The molecule has 0 radical (unpaired) electrons. The van der Waals surface area contributed by atoms with Gasteiger partial charge in [0.1, 0.15) is 0 Å². The van der Waals surface area contributed by atoms with Crippen LogP contribution in [-0.2, 0) is 21.0 Å². The minimum absolute atomic E-state index is 0.141. The number of nitrogens with two attached hydrogens (primary N) is 1. The third kappa shape index (κ3) is 4.03. The lowest BCUT2D eigenvalue weighted by Gasteiger charge is -2.34. The molecule has 0 saturated carbocycles. The molecule has 2 N–H and O–H groups in total. The van der Waals surface area contributed by atoms with E-state index in [1.54, 1.807) is 0 Å². The quantitative estimate of drug-likeness (QED) is 0.903. The van der Waals surface area contributed by atoms with Crippen molar-refractivity contribution in [3.8, 4) is 0 Å². The number of amides is 1. The molecular weight excluding hydrogens is 333 g/mol. The monoisotopic (exact) mass is 350 g/mol. The molecule has 9 heteroatoms. The molecule has 128 valence electrons. The van der Waals surface area contributed by atoms with Gasteiger partial charge in [-0.3, -0.25) is 4.79 Å². The summed E-state index contributed by atoms with van der Waals surface area (Å²) in [5, 5.41) is 0. The van der Waals surface area contributed by atoms with Gasteiger partial charge in [-0.1, -0.05) is 12.5 Å². The van der Waals surface area contributed by atoms with Crippen molar-refractivity contribution in [2.24, 2.45) is 5.73 Å². The van der Waals surface area contributed by atoms with E-state index in [4.69, 9.17) is 5.73 Å². The van der Waals surface area contributed by atoms with Gasteiger partial charge < -0.3 is 5.73 Å². The lowest BCUT2D eigenvalue weighted by molar-refractivity contribution is -0.137. The number of rotatable bonds is 4. The number of primary amides is 1. The second-order valence-electron chi connectivity index (χ2n) is 5.46. The predicted molar refractivity (Wildman–Crippen MR) is 76.8 cm³/mol. The number of benzene rings is 1. The summed E-state index contributed by atoms with van der Waals surface area (Å²) in [6.07, 6.45) is -2.97. The van der Waals surface area contributed by atoms with Crippen molar-refractivity contribution in [2.45, 2.75) is 42.8 Å². The molecule has 1 aliphatic rings. The minimum Gasteiger partial charge on any atom is -0.370 e. The van der Waals surface area contributed by atoms with Crippen LogP contribution in [0, 0.1) is 0 Å². The molecule has 1 unspecified atom stereocenters. The molecule has 5 nitrogen and oxygen atoms in total. The van der Waals surface area contributed by atoms with Gasteiger partial charge in [-0.25, -0.2) is 8.42 Å². The number of hydrogen-bond acceptors (Lipinski definition) is 3. The molecule has 1 aromatic rings. The Labute approximate surface area is 132 Å². The van der Waals surface area contributed by atoms with Gasteiger partial charge in [0.25, 0.3) is 0 Å². The van der Waals surface area contributed by atoms with Crippen molar-refractivity contribution in [3.05, 3.63) is 29.8 Å². The molecule has 1 aliphatic heterocycles. The maximum Gasteiger partial charge on any atom is 0.416 e. The number of alkyl halides is 3. The number of nitrogens with zero attached hydrogens (tertiary/aromatic N) is 1. The van der Waals surface area contributed by atoms with E-state index in [1.165, 1.54) is 0 Å². The molecule has 1 fully saturated rings. The van der Waals surface area contributed by atoms with Crippen molar-refractivity contribution in [2.75, 3.05) is 6.54 Å². The highest BCUT2D eigenvalue weighted by atomic mass is 32.2. The van der Waals surface area contributed by atoms with Crippen LogP contribution in [0.5, 0.6) is 0 Å². The first kappa shape index (κ1) is 17.7. The molecule has 1 atom stereocenters. The van der Waals surface area contributed by atoms with E-state index in [2.05, 4.69) is 0 Å². The molecule has 0 spiro atoms. The zero-order chi connectivity index (χ0) is 17.3. The first-order valence-corrected chi connectivity index (χ1v) is 8.54. The van der Waals surface area contributed by atoms with E-state index in [-0.39, 0.29) is 13.0 Å². The summed E-state index contributed by atoms with van der Waals surface area (Å²) < 4.78 is 64.8. The highest BCUT2D eigenvalue weighted by Crippen LogP contribution is 2.32. The second kappa shape index (κ2) is 6.48. The van der Waals surface area contributed by atoms with Gasteiger partial charge in [-0.2, -0.15) is 17.5 Å². The van der Waals surface area contributed by atoms with Gasteiger partial charge in [0.2, 0.25) is 15.9 Å². The first-order valence-electron chi connectivity index (χ1n) is 7.10. The maximum absolute atomic E-state index is 12.8. The van der Waals surface area contributed by atoms with Gasteiger partial charge in [0, 0.05) is 19.0 Å². The van der Waals surface area contributed by atoms with Crippen LogP contribution >= 0.6 is 0 Å². The van der Waals surface area contributed by atoms with Crippen molar-refractivity contribution < 1.29 is 26.4 Å². The average Bonchev–Trinajstić information content (AvgIpc) is 2.46. The summed E-state index contributed by atoms with van der Waals surface area (Å²) in [6.45, 7) is 0.163. The summed E-state index contributed by atoms with van der Waals surface area (Å²) in [6, 6.07) is 3.01. The minimum atomic E-state index is -4.62. The maximum atomic E-state index is 12.8. The van der Waals surface area contributed by atoms with Crippen LogP contribution in [0.2, 0.25) is 0 Å². The molecule has 1 heterocycles. The molecule has 2 rings (SSSR count). The summed E-state index contributed by atoms with van der Waals surface area (Å²) in [5.74, 6) is -0.638. The smallest absolute Gasteiger partial charge is 0.370 e. The van der Waals surface area contributed by atoms with Gasteiger partial charge in [-0.05, 0) is 31.0 Å². The Bertz CT molecular complexity index is 689. The number of hydrogen-bond donors (Lipinski definition) is 1. The van der Waals surface area contributed by atoms with Crippen LogP contribution in [0.3, 0.4) is 0 Å². The number of piperidine rings is 1. The van der Waals surface area contributed by atoms with E-state index in [9.17, 15) is 26.4 Å². The molecule has 0 aromatic heterocycles. The zero-order valence-electron chi connectivity index (χ0n) is 12.2. The number of carbonyl (C=O) groups excluding carboxylic acids is 1. The molecule has 23 heavy (non-hydrogen) atoms. The Morgan fingerprint density at radius 1 is 1.30 bits per heavy atom. The Hall–Kier alpha value is -1.61. The lowest BCUT2D eigenvalue weighted by Crippen LogP contribution is -2.45. The fourth-order valence-electron chi connectivity index (χ4n) is 2.69. The zero-order valence-corrected chi connectivity index (χ0v) is 13.0.